The predicted molar refractivity (Wildman–Crippen MR) is 32.3 cm³/mol. The highest BCUT2D eigenvalue weighted by Gasteiger charge is 2.13. The highest BCUT2D eigenvalue weighted by molar-refractivity contribution is 4.57. The Balaban J connectivity index is 3.38. The van der Waals surface area contributed by atoms with Crippen LogP contribution >= 0.6 is 0 Å². The fourth-order valence-electron chi connectivity index (χ4n) is 0.464. The molecule has 0 fully saturated rings. The number of hydrogen-bond donors (Lipinski definition) is 1. The summed E-state index contributed by atoms with van der Waals surface area (Å²) in [6.07, 6.45) is -2.30. The van der Waals surface area contributed by atoms with E-state index in [1.54, 1.807) is 14.1 Å². The van der Waals surface area contributed by atoms with E-state index in [1.807, 2.05) is 0 Å². The van der Waals surface area contributed by atoms with Crippen molar-refractivity contribution in [3.05, 3.63) is 0 Å². The average Bonchev–Trinajstić information content (AvgIpc) is 1.63. The number of halogens is 2. The second kappa shape index (κ2) is 3.74. The molecule has 0 aliphatic rings. The van der Waals surface area contributed by atoms with Crippen LogP contribution in [0.5, 0.6) is 0 Å². The summed E-state index contributed by atoms with van der Waals surface area (Å²) < 4.78 is 23.4. The first kappa shape index (κ1) is 8.78. The molecule has 4 heteroatoms. The van der Waals surface area contributed by atoms with Gasteiger partial charge in [0.2, 0.25) is 0 Å². The lowest BCUT2D eigenvalue weighted by atomic mass is 10.4. The first-order chi connectivity index (χ1) is 4.04. The lowest BCUT2D eigenvalue weighted by Crippen LogP contribution is -2.41. The van der Waals surface area contributed by atoms with Crippen molar-refractivity contribution in [1.29, 1.82) is 0 Å². The largest absolute Gasteiger partial charge is 0.254 e. The molecule has 0 bridgehead atoms. The minimum Gasteiger partial charge on any atom is -0.250 e. The van der Waals surface area contributed by atoms with Gasteiger partial charge in [0.15, 0.2) is 0 Å². The molecule has 0 radical (unpaired) electrons. The summed E-state index contributed by atoms with van der Waals surface area (Å²) in [5.41, 5.74) is 2.53. The van der Waals surface area contributed by atoms with Crippen LogP contribution in [0.3, 0.4) is 0 Å². The van der Waals surface area contributed by atoms with Crippen molar-refractivity contribution in [3.63, 3.8) is 0 Å². The zero-order chi connectivity index (χ0) is 7.44. The Morgan fingerprint density at radius 1 is 1.33 bits per heavy atom. The normalized spacial score (nSPS) is 15.0. The van der Waals surface area contributed by atoms with Gasteiger partial charge >= 0.3 is 0 Å². The van der Waals surface area contributed by atoms with E-state index in [1.165, 1.54) is 11.9 Å². The Bertz CT molecular complexity index is 75.4. The third-order valence-corrected chi connectivity index (χ3v) is 0.840. The quantitative estimate of drug-likeness (QED) is 0.578. The Kier molecular flexibility index (Phi) is 3.65. The Morgan fingerprint density at radius 3 is 1.89 bits per heavy atom. The first-order valence-corrected chi connectivity index (χ1v) is 2.75. The number of alkyl halides is 2. The molecule has 0 spiro atoms. The SMILES string of the molecule is CC(NN(C)C)C(F)F. The van der Waals surface area contributed by atoms with Crippen molar-refractivity contribution in [2.45, 2.75) is 19.4 Å². The molecule has 1 atom stereocenters. The van der Waals surface area contributed by atoms with Crippen LogP contribution in [0.1, 0.15) is 6.92 Å². The minimum atomic E-state index is -2.30. The molecule has 0 aromatic heterocycles. The molecular formula is C5H12F2N2. The predicted octanol–water partition coefficient (Wildman–Crippen LogP) is 0.706. The van der Waals surface area contributed by atoms with Crippen LogP contribution in [0.15, 0.2) is 0 Å². The fraction of sp³-hybridized carbons (Fsp3) is 1.00. The fourth-order valence-corrected chi connectivity index (χ4v) is 0.464. The summed E-state index contributed by atoms with van der Waals surface area (Å²) in [6.45, 7) is 1.44. The van der Waals surface area contributed by atoms with Crippen LogP contribution < -0.4 is 5.43 Å². The van der Waals surface area contributed by atoms with Gasteiger partial charge < -0.3 is 0 Å². The van der Waals surface area contributed by atoms with E-state index >= 15 is 0 Å². The summed E-state index contributed by atoms with van der Waals surface area (Å²) in [6, 6.07) is -0.764. The topological polar surface area (TPSA) is 15.3 Å². The molecule has 0 aliphatic heterocycles. The molecule has 2 nitrogen and oxygen atoms in total. The number of hydrogen-bond acceptors (Lipinski definition) is 2. The average molecular weight is 138 g/mol. The molecule has 0 rings (SSSR count). The summed E-state index contributed by atoms with van der Waals surface area (Å²) in [4.78, 5) is 0. The van der Waals surface area contributed by atoms with Crippen LogP contribution in [0, 0.1) is 0 Å². The monoisotopic (exact) mass is 138 g/mol. The molecule has 56 valence electrons. The molecule has 0 saturated heterocycles. The molecule has 1 N–H and O–H groups in total. The van der Waals surface area contributed by atoms with E-state index in [4.69, 9.17) is 0 Å². The summed E-state index contributed by atoms with van der Waals surface area (Å²) in [5, 5.41) is 1.51. The van der Waals surface area contributed by atoms with Gasteiger partial charge in [0, 0.05) is 14.1 Å². The molecule has 0 aromatic carbocycles. The zero-order valence-corrected chi connectivity index (χ0v) is 5.86. The van der Waals surface area contributed by atoms with Crippen LogP contribution in [0.4, 0.5) is 8.78 Å². The van der Waals surface area contributed by atoms with Crippen molar-refractivity contribution < 1.29 is 8.78 Å². The van der Waals surface area contributed by atoms with Crippen LogP contribution in [-0.4, -0.2) is 31.6 Å². The maximum Gasteiger partial charge on any atom is 0.254 e. The van der Waals surface area contributed by atoms with Crippen molar-refractivity contribution >= 4 is 0 Å². The van der Waals surface area contributed by atoms with E-state index in [2.05, 4.69) is 5.43 Å². The zero-order valence-electron chi connectivity index (χ0n) is 5.86. The molecular weight excluding hydrogens is 126 g/mol. The first-order valence-electron chi connectivity index (χ1n) is 2.75. The summed E-state index contributed by atoms with van der Waals surface area (Å²) >= 11 is 0. The minimum absolute atomic E-state index is 0.764. The van der Waals surface area contributed by atoms with Crippen LogP contribution in [0.25, 0.3) is 0 Å². The van der Waals surface area contributed by atoms with E-state index in [0.29, 0.717) is 0 Å². The molecule has 1 unspecified atom stereocenters. The Labute approximate surface area is 53.8 Å². The summed E-state index contributed by atoms with van der Waals surface area (Å²) in [7, 11) is 3.36. The van der Waals surface area contributed by atoms with E-state index in [9.17, 15) is 8.78 Å². The molecule has 9 heavy (non-hydrogen) atoms. The summed E-state index contributed by atoms with van der Waals surface area (Å²) in [5.74, 6) is 0. The highest BCUT2D eigenvalue weighted by atomic mass is 19.3. The van der Waals surface area contributed by atoms with E-state index in [0.717, 1.165) is 0 Å². The molecule has 0 saturated carbocycles. The third kappa shape index (κ3) is 4.29. The van der Waals surface area contributed by atoms with Gasteiger partial charge in [-0.05, 0) is 6.92 Å². The van der Waals surface area contributed by atoms with Crippen molar-refractivity contribution in [2.75, 3.05) is 14.1 Å². The van der Waals surface area contributed by atoms with Gasteiger partial charge in [-0.1, -0.05) is 0 Å². The lowest BCUT2D eigenvalue weighted by molar-refractivity contribution is 0.0710. The van der Waals surface area contributed by atoms with Crippen molar-refractivity contribution in [3.8, 4) is 0 Å². The molecule has 0 aliphatic carbocycles. The molecule has 0 aromatic rings. The Morgan fingerprint density at radius 2 is 1.78 bits per heavy atom. The third-order valence-electron chi connectivity index (χ3n) is 0.840. The van der Waals surface area contributed by atoms with Crippen molar-refractivity contribution in [2.24, 2.45) is 0 Å². The van der Waals surface area contributed by atoms with Crippen molar-refractivity contribution in [1.82, 2.24) is 10.4 Å². The smallest absolute Gasteiger partial charge is 0.250 e. The molecule has 0 heterocycles. The van der Waals surface area contributed by atoms with Gasteiger partial charge in [0.25, 0.3) is 6.43 Å². The van der Waals surface area contributed by atoms with Gasteiger partial charge in [-0.3, -0.25) is 5.01 Å². The van der Waals surface area contributed by atoms with Gasteiger partial charge in [-0.2, -0.15) is 0 Å². The number of nitrogens with one attached hydrogen (secondary N) is 1. The lowest BCUT2D eigenvalue weighted by Gasteiger charge is -2.17. The number of nitrogens with zero attached hydrogens (tertiary/aromatic N) is 1. The van der Waals surface area contributed by atoms with Crippen LogP contribution in [0.2, 0.25) is 0 Å². The number of hydrazine groups is 1. The second-order valence-corrected chi connectivity index (χ2v) is 2.15. The number of rotatable bonds is 3. The maximum atomic E-state index is 11.7. The van der Waals surface area contributed by atoms with Gasteiger partial charge in [0.1, 0.15) is 0 Å². The second-order valence-electron chi connectivity index (χ2n) is 2.15. The highest BCUT2D eigenvalue weighted by Crippen LogP contribution is 1.98. The molecule has 0 amide bonds. The van der Waals surface area contributed by atoms with E-state index in [-0.39, 0.29) is 0 Å². The van der Waals surface area contributed by atoms with Crippen LogP contribution in [-0.2, 0) is 0 Å². The van der Waals surface area contributed by atoms with Gasteiger partial charge in [-0.15, -0.1) is 0 Å². The Hall–Kier alpha value is -0.220. The van der Waals surface area contributed by atoms with E-state index < -0.39 is 12.5 Å². The van der Waals surface area contributed by atoms with Gasteiger partial charge in [0.05, 0.1) is 6.04 Å². The van der Waals surface area contributed by atoms with Gasteiger partial charge in [-0.25, -0.2) is 14.2 Å². The maximum absolute atomic E-state index is 11.7. The standard InChI is InChI=1S/C5H12F2N2/c1-4(5(6)7)8-9(2)3/h4-5,8H,1-3H3.